The number of hydrogen-bond acceptors (Lipinski definition) is 8. The average Bonchev–Trinajstić information content (AvgIpc) is 3.58. The van der Waals surface area contributed by atoms with Gasteiger partial charge in [0.05, 0.1) is 25.1 Å². The highest BCUT2D eigenvalue weighted by atomic mass is 32.1. The fourth-order valence-electron chi connectivity index (χ4n) is 4.08. The molecule has 3 aromatic heterocycles. The number of aromatic nitrogens is 2. The van der Waals surface area contributed by atoms with Crippen LogP contribution in [-0.4, -0.2) is 62.9 Å². The lowest BCUT2D eigenvalue weighted by molar-refractivity contribution is -0.159. The second kappa shape index (κ2) is 12.7. The smallest absolute Gasteiger partial charge is 0.414 e. The Hall–Kier alpha value is -3.38. The zero-order valence-corrected chi connectivity index (χ0v) is 21.7. The molecule has 0 aliphatic carbocycles. The van der Waals surface area contributed by atoms with Gasteiger partial charge in [-0.05, 0) is 29.9 Å². The van der Waals surface area contributed by atoms with Crippen LogP contribution in [0.2, 0.25) is 0 Å². The number of aryl methyl sites for hydroxylation is 1. The molecule has 1 fully saturated rings. The maximum Gasteiger partial charge on any atom is 0.414 e. The van der Waals surface area contributed by atoms with Gasteiger partial charge in [-0.15, -0.1) is 22.7 Å². The van der Waals surface area contributed by atoms with Gasteiger partial charge in [0, 0.05) is 35.5 Å². The predicted octanol–water partition coefficient (Wildman–Crippen LogP) is 3.81. The Morgan fingerprint density at radius 3 is 2.38 bits per heavy atom. The van der Waals surface area contributed by atoms with Crippen molar-refractivity contribution in [3.05, 3.63) is 75.0 Å². The Morgan fingerprint density at radius 2 is 1.73 bits per heavy atom. The lowest BCUT2D eigenvalue weighted by Gasteiger charge is -2.27. The number of morpholine rings is 1. The van der Waals surface area contributed by atoms with Gasteiger partial charge in [-0.2, -0.15) is 0 Å². The van der Waals surface area contributed by atoms with Crippen LogP contribution in [0.3, 0.4) is 0 Å². The molecule has 0 radical (unpaired) electrons. The molecule has 0 saturated carbocycles. The molecular formula is C26H27N3O6S2. The van der Waals surface area contributed by atoms with Crippen LogP contribution < -0.4 is 5.56 Å². The van der Waals surface area contributed by atoms with Crippen molar-refractivity contribution in [2.45, 2.75) is 25.9 Å². The molecule has 194 valence electrons. The number of carboxylic acids is 2. The third kappa shape index (κ3) is 6.89. The summed E-state index contributed by atoms with van der Waals surface area (Å²) in [4.78, 5) is 41.2. The summed E-state index contributed by atoms with van der Waals surface area (Å²) in [5, 5.41) is 19.7. The first-order chi connectivity index (χ1) is 17.9. The van der Waals surface area contributed by atoms with E-state index in [0.717, 1.165) is 65.6 Å². The molecule has 0 atom stereocenters. The molecule has 5 rings (SSSR count). The largest absolute Gasteiger partial charge is 0.473 e. The molecule has 4 aromatic rings. The predicted molar refractivity (Wildman–Crippen MR) is 143 cm³/mol. The Balaban J connectivity index is 0.000000480. The van der Waals surface area contributed by atoms with Crippen LogP contribution in [-0.2, 0) is 33.8 Å². The zero-order valence-electron chi connectivity index (χ0n) is 20.0. The van der Waals surface area contributed by atoms with E-state index in [2.05, 4.69) is 46.0 Å². The Bertz CT molecular complexity index is 1380. The molecule has 4 heterocycles. The Labute approximate surface area is 221 Å². The second-order valence-electron chi connectivity index (χ2n) is 8.38. The molecule has 1 saturated heterocycles. The molecule has 0 amide bonds. The van der Waals surface area contributed by atoms with Crippen LogP contribution >= 0.6 is 22.7 Å². The van der Waals surface area contributed by atoms with Crippen molar-refractivity contribution >= 4 is 44.8 Å². The van der Waals surface area contributed by atoms with Crippen molar-refractivity contribution in [1.82, 2.24) is 14.5 Å². The van der Waals surface area contributed by atoms with Gasteiger partial charge in [-0.3, -0.25) is 14.3 Å². The number of thiophene rings is 2. The van der Waals surface area contributed by atoms with E-state index < -0.39 is 11.9 Å². The SMILES string of the molecule is O=C(O)C(=O)O.O=c1c2c(-c3cccs3)csc2nc(CN2CCOCC2)n1CCCc1ccccc1. The number of rotatable bonds is 7. The summed E-state index contributed by atoms with van der Waals surface area (Å²) in [6.45, 7) is 4.60. The van der Waals surface area contributed by atoms with Crippen molar-refractivity contribution in [2.24, 2.45) is 0 Å². The van der Waals surface area contributed by atoms with Crippen molar-refractivity contribution in [3.8, 4) is 10.4 Å². The van der Waals surface area contributed by atoms with Gasteiger partial charge < -0.3 is 14.9 Å². The zero-order chi connectivity index (χ0) is 26.2. The maximum absolute atomic E-state index is 13.7. The van der Waals surface area contributed by atoms with E-state index >= 15 is 0 Å². The number of carbonyl (C=O) groups is 2. The van der Waals surface area contributed by atoms with E-state index in [1.54, 1.807) is 22.7 Å². The molecule has 9 nitrogen and oxygen atoms in total. The average molecular weight is 542 g/mol. The van der Waals surface area contributed by atoms with Crippen molar-refractivity contribution in [3.63, 3.8) is 0 Å². The monoisotopic (exact) mass is 541 g/mol. The molecule has 37 heavy (non-hydrogen) atoms. The molecule has 0 spiro atoms. The van der Waals surface area contributed by atoms with Gasteiger partial charge >= 0.3 is 11.9 Å². The number of ether oxygens (including phenoxy) is 1. The van der Waals surface area contributed by atoms with Gasteiger partial charge in [0.1, 0.15) is 10.7 Å². The number of fused-ring (bicyclic) bond motifs is 1. The number of carboxylic acid groups (broad SMARTS) is 2. The molecular weight excluding hydrogens is 514 g/mol. The summed E-state index contributed by atoms with van der Waals surface area (Å²) < 4.78 is 7.41. The lowest BCUT2D eigenvalue weighted by atomic mass is 10.1. The quantitative estimate of drug-likeness (QED) is 0.339. The van der Waals surface area contributed by atoms with Crippen LogP contribution in [0.1, 0.15) is 17.8 Å². The van der Waals surface area contributed by atoms with Crippen LogP contribution in [0.15, 0.2) is 58.0 Å². The summed E-state index contributed by atoms with van der Waals surface area (Å²) in [5.41, 5.74) is 2.40. The molecule has 11 heteroatoms. The van der Waals surface area contributed by atoms with Crippen molar-refractivity contribution in [2.75, 3.05) is 26.3 Å². The topological polar surface area (TPSA) is 122 Å². The lowest BCUT2D eigenvalue weighted by Crippen LogP contribution is -2.38. The molecule has 0 unspecified atom stereocenters. The van der Waals surface area contributed by atoms with E-state index in [-0.39, 0.29) is 5.56 Å². The van der Waals surface area contributed by atoms with Gasteiger partial charge in [-0.25, -0.2) is 14.6 Å². The summed E-state index contributed by atoms with van der Waals surface area (Å²) in [7, 11) is 0. The highest BCUT2D eigenvalue weighted by Gasteiger charge is 2.20. The third-order valence-electron chi connectivity index (χ3n) is 5.90. The van der Waals surface area contributed by atoms with Crippen molar-refractivity contribution in [1.29, 1.82) is 0 Å². The van der Waals surface area contributed by atoms with Gasteiger partial charge in [0.15, 0.2) is 0 Å². The summed E-state index contributed by atoms with van der Waals surface area (Å²) in [5.74, 6) is -2.78. The number of aliphatic carboxylic acids is 2. The van der Waals surface area contributed by atoms with Gasteiger partial charge in [0.25, 0.3) is 5.56 Å². The van der Waals surface area contributed by atoms with Gasteiger partial charge in [-0.1, -0.05) is 36.4 Å². The number of benzene rings is 1. The fraction of sp³-hybridized carbons (Fsp3) is 0.308. The minimum absolute atomic E-state index is 0.0889. The highest BCUT2D eigenvalue weighted by Crippen LogP contribution is 2.33. The molecule has 1 aliphatic heterocycles. The third-order valence-corrected chi connectivity index (χ3v) is 7.68. The van der Waals surface area contributed by atoms with E-state index in [4.69, 9.17) is 29.5 Å². The van der Waals surface area contributed by atoms with Crippen LogP contribution in [0.25, 0.3) is 20.7 Å². The Morgan fingerprint density at radius 1 is 1.00 bits per heavy atom. The number of hydrogen-bond donors (Lipinski definition) is 2. The second-order valence-corrected chi connectivity index (χ2v) is 10.2. The molecule has 2 N–H and O–H groups in total. The highest BCUT2D eigenvalue weighted by molar-refractivity contribution is 7.18. The summed E-state index contributed by atoms with van der Waals surface area (Å²) >= 11 is 3.24. The standard InChI is InChI=1S/C24H25N3O2S2.C2H2O4/c28-24-22-19(20-9-5-15-30-20)17-31-23(22)25-21(16-26-11-13-29-14-12-26)27(24)10-4-8-18-6-2-1-3-7-18;3-1(4)2(5)6/h1-3,5-7,9,15,17H,4,8,10-14,16H2;(H,3,4)(H,5,6). The normalized spacial score (nSPS) is 13.7. The fourth-order valence-corrected chi connectivity index (χ4v) is 5.85. The van der Waals surface area contributed by atoms with E-state index in [1.165, 1.54) is 5.56 Å². The first-order valence-electron chi connectivity index (χ1n) is 11.8. The first kappa shape index (κ1) is 26.7. The summed E-state index contributed by atoms with van der Waals surface area (Å²) in [6, 6.07) is 14.6. The van der Waals surface area contributed by atoms with Gasteiger partial charge in [0.2, 0.25) is 0 Å². The molecule has 1 aromatic carbocycles. The maximum atomic E-state index is 13.7. The number of nitrogens with zero attached hydrogens (tertiary/aromatic N) is 3. The van der Waals surface area contributed by atoms with E-state index in [1.807, 2.05) is 16.7 Å². The Kier molecular flexibility index (Phi) is 9.18. The van der Waals surface area contributed by atoms with Crippen molar-refractivity contribution < 1.29 is 24.5 Å². The summed E-state index contributed by atoms with van der Waals surface area (Å²) in [6.07, 6.45) is 1.86. The minimum Gasteiger partial charge on any atom is -0.473 e. The molecule has 0 bridgehead atoms. The van der Waals surface area contributed by atoms with Crippen LogP contribution in [0.4, 0.5) is 0 Å². The van der Waals surface area contributed by atoms with E-state index in [0.29, 0.717) is 13.1 Å². The molecule has 1 aliphatic rings. The van der Waals surface area contributed by atoms with Crippen LogP contribution in [0, 0.1) is 0 Å². The van der Waals surface area contributed by atoms with Crippen LogP contribution in [0.5, 0.6) is 0 Å². The first-order valence-corrected chi connectivity index (χ1v) is 13.5. The van der Waals surface area contributed by atoms with E-state index in [9.17, 15) is 4.79 Å². The minimum atomic E-state index is -1.82.